The molecule has 0 aliphatic carbocycles. The van der Waals surface area contributed by atoms with Crippen molar-refractivity contribution >= 4 is 35.2 Å². The number of esters is 1. The van der Waals surface area contributed by atoms with Gasteiger partial charge in [-0.05, 0) is 31.0 Å². The van der Waals surface area contributed by atoms with E-state index in [1.807, 2.05) is 6.92 Å². The topological polar surface area (TPSA) is 85.9 Å². The minimum absolute atomic E-state index is 0.0603. The Balaban J connectivity index is 2.08. The number of ether oxygens (including phenoxy) is 3. The predicted molar refractivity (Wildman–Crippen MR) is 127 cm³/mol. The highest BCUT2D eigenvalue weighted by atomic mass is 35.5. The van der Waals surface area contributed by atoms with Crippen molar-refractivity contribution in [3.8, 4) is 11.5 Å². The van der Waals surface area contributed by atoms with Crippen LogP contribution in [0.5, 0.6) is 11.5 Å². The van der Waals surface area contributed by atoms with Crippen LogP contribution in [0.25, 0.3) is 0 Å². The quantitative estimate of drug-likeness (QED) is 0.448. The molecule has 1 atom stereocenters. The van der Waals surface area contributed by atoms with Crippen molar-refractivity contribution in [2.75, 3.05) is 14.2 Å². The lowest BCUT2D eigenvalue weighted by Crippen LogP contribution is -2.46. The Morgan fingerprint density at radius 3 is 2.42 bits per heavy atom. The van der Waals surface area contributed by atoms with Crippen molar-refractivity contribution in [1.29, 1.82) is 0 Å². The van der Waals surface area contributed by atoms with Crippen LogP contribution in [0.1, 0.15) is 43.4 Å². The van der Waals surface area contributed by atoms with Crippen molar-refractivity contribution in [3.63, 3.8) is 0 Å². The van der Waals surface area contributed by atoms with Gasteiger partial charge < -0.3 is 24.8 Å². The van der Waals surface area contributed by atoms with E-state index in [0.717, 1.165) is 12.8 Å². The highest BCUT2D eigenvalue weighted by Crippen LogP contribution is 2.40. The van der Waals surface area contributed by atoms with Crippen LogP contribution in [0.15, 0.2) is 47.7 Å². The van der Waals surface area contributed by atoms with Crippen molar-refractivity contribution in [2.45, 2.75) is 38.8 Å². The number of nitrogens with one attached hydrogen (secondary N) is 2. The van der Waals surface area contributed by atoms with Crippen LogP contribution in [0, 0.1) is 0 Å². The summed E-state index contributed by atoms with van der Waals surface area (Å²) < 4.78 is 16.7. The second kappa shape index (κ2) is 11.3. The van der Waals surface area contributed by atoms with Crippen molar-refractivity contribution < 1.29 is 23.8 Å². The smallest absolute Gasteiger partial charge is 0.337 e. The SMILES string of the molecule is CCCCC1=C(C(=O)OC)C(c2cccc(OC)c2OCc2c(Cl)cccc2Cl)NC(=O)N1. The van der Waals surface area contributed by atoms with Crippen LogP contribution >= 0.6 is 23.2 Å². The number of halogens is 2. The van der Waals surface area contributed by atoms with Crippen LogP contribution in [-0.2, 0) is 16.1 Å². The van der Waals surface area contributed by atoms with Gasteiger partial charge in [-0.25, -0.2) is 9.59 Å². The van der Waals surface area contributed by atoms with E-state index >= 15 is 0 Å². The largest absolute Gasteiger partial charge is 0.493 e. The number of amides is 2. The number of carbonyl (C=O) groups excluding carboxylic acids is 2. The van der Waals surface area contributed by atoms with Gasteiger partial charge in [-0.3, -0.25) is 0 Å². The number of para-hydroxylation sites is 1. The first-order chi connectivity index (χ1) is 15.9. The highest BCUT2D eigenvalue weighted by Gasteiger charge is 2.35. The van der Waals surface area contributed by atoms with Gasteiger partial charge in [0.05, 0.1) is 25.8 Å². The monoisotopic (exact) mass is 492 g/mol. The molecule has 33 heavy (non-hydrogen) atoms. The standard InChI is InChI=1S/C24H26Cl2N2O5/c1-4-5-11-18-20(23(29)32-3)21(28-24(30)27-18)14-8-6-12-19(31-2)22(14)33-13-15-16(25)9-7-10-17(15)26/h6-10,12,21H,4-5,11,13H2,1-3H3,(H2,27,28,30). The number of urea groups is 1. The zero-order valence-electron chi connectivity index (χ0n) is 18.7. The third kappa shape index (κ3) is 5.54. The highest BCUT2D eigenvalue weighted by molar-refractivity contribution is 6.35. The second-order valence-electron chi connectivity index (χ2n) is 7.39. The molecular formula is C24H26Cl2N2O5. The molecule has 0 aromatic heterocycles. The lowest BCUT2D eigenvalue weighted by Gasteiger charge is -2.30. The molecule has 0 radical (unpaired) electrons. The van der Waals surface area contributed by atoms with Crippen LogP contribution in [-0.4, -0.2) is 26.2 Å². The molecule has 1 aliphatic rings. The first kappa shape index (κ1) is 24.7. The fraction of sp³-hybridized carbons (Fsp3) is 0.333. The first-order valence-corrected chi connectivity index (χ1v) is 11.3. The van der Waals surface area contributed by atoms with Crippen LogP contribution in [0.4, 0.5) is 4.79 Å². The van der Waals surface area contributed by atoms with E-state index in [-0.39, 0.29) is 6.61 Å². The summed E-state index contributed by atoms with van der Waals surface area (Å²) in [5, 5.41) is 6.51. The fourth-order valence-electron chi connectivity index (χ4n) is 3.64. The van der Waals surface area contributed by atoms with Gasteiger partial charge in [-0.15, -0.1) is 0 Å². The van der Waals surface area contributed by atoms with Gasteiger partial charge in [0, 0.05) is 26.9 Å². The number of benzene rings is 2. The van der Waals surface area contributed by atoms with Crippen molar-refractivity contribution in [2.24, 2.45) is 0 Å². The van der Waals surface area contributed by atoms with Gasteiger partial charge in [0.25, 0.3) is 0 Å². The molecule has 2 aromatic rings. The molecule has 7 nitrogen and oxygen atoms in total. The fourth-order valence-corrected chi connectivity index (χ4v) is 4.15. The third-order valence-corrected chi connectivity index (χ3v) is 6.01. The molecule has 2 amide bonds. The Labute approximate surface area is 203 Å². The van der Waals surface area contributed by atoms with Gasteiger partial charge in [0.15, 0.2) is 11.5 Å². The van der Waals surface area contributed by atoms with Gasteiger partial charge >= 0.3 is 12.0 Å². The number of allylic oxidation sites excluding steroid dienone is 1. The van der Waals surface area contributed by atoms with Crippen LogP contribution in [0.2, 0.25) is 10.0 Å². The lowest BCUT2D eigenvalue weighted by molar-refractivity contribution is -0.136. The van der Waals surface area contributed by atoms with E-state index in [1.54, 1.807) is 36.4 Å². The Hall–Kier alpha value is -2.90. The summed E-state index contributed by atoms with van der Waals surface area (Å²) in [6.07, 6.45) is 2.23. The maximum Gasteiger partial charge on any atom is 0.337 e. The number of carbonyl (C=O) groups is 2. The summed E-state index contributed by atoms with van der Waals surface area (Å²) in [4.78, 5) is 25.3. The van der Waals surface area contributed by atoms with E-state index in [9.17, 15) is 9.59 Å². The van der Waals surface area contributed by atoms with Crippen LogP contribution < -0.4 is 20.1 Å². The zero-order chi connectivity index (χ0) is 24.0. The molecule has 0 saturated carbocycles. The minimum Gasteiger partial charge on any atom is -0.493 e. The van der Waals surface area contributed by atoms with E-state index < -0.39 is 18.0 Å². The maximum absolute atomic E-state index is 12.8. The number of methoxy groups -OCH3 is 2. The maximum atomic E-state index is 12.8. The van der Waals surface area contributed by atoms with Gasteiger partial charge in [-0.1, -0.05) is 54.7 Å². The number of unbranched alkanes of at least 4 members (excludes halogenated alkanes) is 1. The molecule has 3 rings (SSSR count). The van der Waals surface area contributed by atoms with Gasteiger partial charge in [-0.2, -0.15) is 0 Å². The molecule has 1 aliphatic heterocycles. The molecule has 1 heterocycles. The summed E-state index contributed by atoms with van der Waals surface area (Å²) in [6.45, 7) is 2.09. The van der Waals surface area contributed by atoms with Crippen molar-refractivity contribution in [3.05, 3.63) is 68.8 Å². The number of hydrogen-bond acceptors (Lipinski definition) is 5. The minimum atomic E-state index is -0.801. The lowest BCUT2D eigenvalue weighted by atomic mass is 9.92. The third-order valence-electron chi connectivity index (χ3n) is 5.30. The molecule has 2 aromatic carbocycles. The Kier molecular flexibility index (Phi) is 8.47. The van der Waals surface area contributed by atoms with Gasteiger partial charge in [0.2, 0.25) is 0 Å². The molecule has 0 bridgehead atoms. The van der Waals surface area contributed by atoms with Crippen LogP contribution in [0.3, 0.4) is 0 Å². The van der Waals surface area contributed by atoms with Gasteiger partial charge in [0.1, 0.15) is 6.61 Å². The molecule has 0 fully saturated rings. The van der Waals surface area contributed by atoms with E-state index in [4.69, 9.17) is 37.4 Å². The summed E-state index contributed by atoms with van der Waals surface area (Å²) in [5.41, 5.74) is 2.00. The van der Waals surface area contributed by atoms with Crippen molar-refractivity contribution in [1.82, 2.24) is 10.6 Å². The predicted octanol–water partition coefficient (Wildman–Crippen LogP) is 5.55. The van der Waals surface area contributed by atoms with E-state index in [2.05, 4.69) is 10.6 Å². The van der Waals surface area contributed by atoms with E-state index in [0.29, 0.717) is 50.4 Å². The Morgan fingerprint density at radius 2 is 1.79 bits per heavy atom. The summed E-state index contributed by atoms with van der Waals surface area (Å²) >= 11 is 12.6. The Morgan fingerprint density at radius 1 is 1.09 bits per heavy atom. The zero-order valence-corrected chi connectivity index (χ0v) is 20.2. The molecule has 9 heteroatoms. The summed E-state index contributed by atoms with van der Waals surface area (Å²) in [6, 6.07) is 9.24. The average molecular weight is 493 g/mol. The molecule has 0 saturated heterocycles. The summed E-state index contributed by atoms with van der Waals surface area (Å²) in [7, 11) is 2.82. The molecule has 0 spiro atoms. The second-order valence-corrected chi connectivity index (χ2v) is 8.20. The number of rotatable bonds is 9. The molecule has 176 valence electrons. The molecular weight excluding hydrogens is 467 g/mol. The normalized spacial score (nSPS) is 15.5. The number of hydrogen-bond donors (Lipinski definition) is 2. The summed E-state index contributed by atoms with van der Waals surface area (Å²) in [5.74, 6) is 0.253. The Bertz CT molecular complexity index is 1050. The average Bonchev–Trinajstić information content (AvgIpc) is 2.81. The molecule has 2 N–H and O–H groups in total. The molecule has 1 unspecified atom stereocenters. The van der Waals surface area contributed by atoms with E-state index in [1.165, 1.54) is 14.2 Å². The first-order valence-electron chi connectivity index (χ1n) is 10.5.